The molecule has 3 unspecified atom stereocenters. The topological polar surface area (TPSA) is 20.2 Å². The van der Waals surface area contributed by atoms with E-state index in [0.29, 0.717) is 36.1 Å². The first-order chi connectivity index (χ1) is 7.86. The predicted molar refractivity (Wildman–Crippen MR) is 86.2 cm³/mol. The second kappa shape index (κ2) is 9.94. The molecule has 0 aliphatic carbocycles. The van der Waals surface area contributed by atoms with Gasteiger partial charge in [-0.15, -0.1) is 0 Å². The zero-order chi connectivity index (χ0) is 13.5. The van der Waals surface area contributed by atoms with Gasteiger partial charge in [-0.1, -0.05) is 0 Å². The maximum absolute atomic E-state index is 10.6. The van der Waals surface area contributed by atoms with Crippen molar-refractivity contribution in [3.05, 3.63) is 0 Å². The Labute approximate surface area is 133 Å². The Morgan fingerprint density at radius 1 is 0.706 bits per heavy atom. The van der Waals surface area contributed by atoms with Crippen LogP contribution in [0.2, 0.25) is 0 Å². The summed E-state index contributed by atoms with van der Waals surface area (Å²) in [5.74, 6) is 0.871. The van der Waals surface area contributed by atoms with Crippen LogP contribution in [0.5, 0.6) is 0 Å². The summed E-state index contributed by atoms with van der Waals surface area (Å²) in [5.41, 5.74) is 0. The normalized spacial score (nSPS) is 18.8. The summed E-state index contributed by atoms with van der Waals surface area (Å²) in [7, 11) is -2.65. The van der Waals surface area contributed by atoms with Gasteiger partial charge in [0.05, 0.1) is 0 Å². The van der Waals surface area contributed by atoms with Crippen molar-refractivity contribution >= 4 is 77.1 Å². The summed E-state index contributed by atoms with van der Waals surface area (Å²) < 4.78 is 0. The SMILES string of the molecule is O[PH](CC(Cl)CCl)(CC(Cl)CCl)CC(Cl)CCl. The van der Waals surface area contributed by atoms with Crippen LogP contribution in [-0.2, 0) is 0 Å². The van der Waals surface area contributed by atoms with Gasteiger partial charge in [0, 0.05) is 0 Å². The summed E-state index contributed by atoms with van der Waals surface area (Å²) in [5, 5.41) is -0.815. The molecule has 0 aromatic carbocycles. The van der Waals surface area contributed by atoms with E-state index in [4.69, 9.17) is 69.6 Å². The standard InChI is InChI=1S/C9H17Cl6OP/c10-1-7(13)4-17(16,5-8(14)2-11)6-9(15)3-12/h7-9,16-17H,1-6H2. The third-order valence-corrected chi connectivity index (χ3v) is 9.36. The van der Waals surface area contributed by atoms with E-state index in [9.17, 15) is 4.89 Å². The Morgan fingerprint density at radius 2 is 0.941 bits per heavy atom. The molecule has 17 heavy (non-hydrogen) atoms. The molecule has 0 heterocycles. The first kappa shape index (κ1) is 19.1. The van der Waals surface area contributed by atoms with Gasteiger partial charge in [-0.05, 0) is 0 Å². The Kier molecular flexibility index (Phi) is 11.2. The van der Waals surface area contributed by atoms with Crippen LogP contribution in [0.1, 0.15) is 0 Å². The van der Waals surface area contributed by atoms with Gasteiger partial charge < -0.3 is 0 Å². The van der Waals surface area contributed by atoms with Crippen molar-refractivity contribution < 1.29 is 4.89 Å². The average Bonchev–Trinajstić information content (AvgIpc) is 2.27. The fraction of sp³-hybridized carbons (Fsp3) is 1.00. The van der Waals surface area contributed by atoms with Crippen LogP contribution >= 0.6 is 77.1 Å². The number of hydrogen-bond acceptors (Lipinski definition) is 1. The summed E-state index contributed by atoms with van der Waals surface area (Å²) in [6, 6.07) is 0. The molecule has 0 spiro atoms. The van der Waals surface area contributed by atoms with Crippen molar-refractivity contribution in [1.29, 1.82) is 0 Å². The molecule has 0 fully saturated rings. The molecule has 0 radical (unpaired) electrons. The Balaban J connectivity index is 4.55. The quantitative estimate of drug-likeness (QED) is 0.467. The van der Waals surface area contributed by atoms with E-state index in [-0.39, 0.29) is 16.1 Å². The molecule has 0 saturated carbocycles. The van der Waals surface area contributed by atoms with Crippen LogP contribution < -0.4 is 0 Å². The average molecular weight is 385 g/mol. The second-order valence-corrected chi connectivity index (χ2v) is 10.5. The van der Waals surface area contributed by atoms with Gasteiger partial charge in [0.15, 0.2) is 0 Å². The molecule has 0 aliphatic heterocycles. The number of halogens is 6. The van der Waals surface area contributed by atoms with Crippen molar-refractivity contribution in [3.8, 4) is 0 Å². The van der Waals surface area contributed by atoms with Crippen molar-refractivity contribution in [3.63, 3.8) is 0 Å². The van der Waals surface area contributed by atoms with Crippen molar-refractivity contribution in [1.82, 2.24) is 0 Å². The summed E-state index contributed by atoms with van der Waals surface area (Å²) >= 11 is 35.0. The molecule has 1 N–H and O–H groups in total. The molecular weight excluding hydrogens is 368 g/mol. The van der Waals surface area contributed by atoms with Crippen molar-refractivity contribution in [2.75, 3.05) is 36.1 Å². The van der Waals surface area contributed by atoms with E-state index < -0.39 is 7.49 Å². The second-order valence-electron chi connectivity index (χ2n) is 4.09. The molecule has 106 valence electrons. The monoisotopic (exact) mass is 382 g/mol. The summed E-state index contributed by atoms with van der Waals surface area (Å²) in [4.78, 5) is 10.6. The summed E-state index contributed by atoms with van der Waals surface area (Å²) in [6.45, 7) is 0. The van der Waals surface area contributed by atoms with Gasteiger partial charge in [-0.3, -0.25) is 0 Å². The molecular formula is C9H17Cl6OP. The van der Waals surface area contributed by atoms with E-state index in [1.54, 1.807) is 0 Å². The zero-order valence-corrected chi connectivity index (χ0v) is 14.7. The fourth-order valence-electron chi connectivity index (χ4n) is 1.65. The molecule has 0 aromatic heterocycles. The molecule has 1 nitrogen and oxygen atoms in total. The third kappa shape index (κ3) is 8.82. The van der Waals surface area contributed by atoms with Crippen LogP contribution in [0.3, 0.4) is 0 Å². The Bertz CT molecular complexity index is 177. The first-order valence-corrected chi connectivity index (χ1v) is 10.7. The Morgan fingerprint density at radius 3 is 1.12 bits per heavy atom. The van der Waals surface area contributed by atoms with Crippen molar-refractivity contribution in [2.45, 2.75) is 16.1 Å². The molecule has 0 aliphatic rings. The van der Waals surface area contributed by atoms with Gasteiger partial charge in [0.1, 0.15) is 0 Å². The van der Waals surface area contributed by atoms with Gasteiger partial charge >= 0.3 is 134 Å². The van der Waals surface area contributed by atoms with E-state index in [1.165, 1.54) is 0 Å². The molecule has 0 saturated heterocycles. The molecule has 0 rings (SSSR count). The number of rotatable bonds is 9. The molecule has 8 heteroatoms. The Hall–Kier alpha value is 2.13. The van der Waals surface area contributed by atoms with Gasteiger partial charge in [0.25, 0.3) is 0 Å². The minimum absolute atomic E-state index is 0.272. The molecule has 0 amide bonds. The van der Waals surface area contributed by atoms with Crippen LogP contribution in [0.4, 0.5) is 0 Å². The van der Waals surface area contributed by atoms with Crippen LogP contribution in [-0.4, -0.2) is 57.2 Å². The van der Waals surface area contributed by atoms with Gasteiger partial charge in [-0.2, -0.15) is 0 Å². The molecule has 3 atom stereocenters. The maximum atomic E-state index is 10.6. The van der Waals surface area contributed by atoms with E-state index in [2.05, 4.69) is 0 Å². The molecule has 0 aromatic rings. The minimum atomic E-state index is -2.65. The van der Waals surface area contributed by atoms with E-state index >= 15 is 0 Å². The fourth-order valence-corrected chi connectivity index (χ4v) is 8.52. The van der Waals surface area contributed by atoms with Crippen LogP contribution in [0.15, 0.2) is 0 Å². The van der Waals surface area contributed by atoms with E-state index in [0.717, 1.165) is 0 Å². The zero-order valence-electron chi connectivity index (χ0n) is 9.19. The number of hydrogen-bond donors (Lipinski definition) is 1. The molecule has 0 bridgehead atoms. The van der Waals surface area contributed by atoms with Crippen LogP contribution in [0, 0.1) is 0 Å². The van der Waals surface area contributed by atoms with Crippen molar-refractivity contribution in [2.24, 2.45) is 0 Å². The summed E-state index contributed by atoms with van der Waals surface area (Å²) in [6.07, 6.45) is 1.37. The first-order valence-electron chi connectivity index (χ1n) is 5.19. The predicted octanol–water partition coefficient (Wildman–Crippen LogP) is 4.18. The van der Waals surface area contributed by atoms with Crippen LogP contribution in [0.25, 0.3) is 0 Å². The van der Waals surface area contributed by atoms with Gasteiger partial charge in [-0.25, -0.2) is 0 Å². The van der Waals surface area contributed by atoms with E-state index in [1.807, 2.05) is 0 Å². The number of alkyl halides is 6. The van der Waals surface area contributed by atoms with Gasteiger partial charge in [0.2, 0.25) is 0 Å². The third-order valence-electron chi connectivity index (χ3n) is 2.31.